The van der Waals surface area contributed by atoms with Crippen LogP contribution in [0.2, 0.25) is 0 Å². The van der Waals surface area contributed by atoms with E-state index in [4.69, 9.17) is 14.2 Å². The van der Waals surface area contributed by atoms with Gasteiger partial charge in [0.05, 0.1) is 20.8 Å². The van der Waals surface area contributed by atoms with Gasteiger partial charge in [-0.05, 0) is 24.6 Å². The highest BCUT2D eigenvalue weighted by molar-refractivity contribution is 5.42. The summed E-state index contributed by atoms with van der Waals surface area (Å²) in [6.07, 6.45) is 0. The van der Waals surface area contributed by atoms with Gasteiger partial charge in [-0.2, -0.15) is 0 Å². The fourth-order valence-corrected chi connectivity index (χ4v) is 1.26. The number of methoxy groups -OCH3 is 2. The van der Waals surface area contributed by atoms with E-state index in [9.17, 15) is 0 Å². The molecule has 0 unspecified atom stereocenters. The molecule has 0 saturated carbocycles. The second-order valence-electron chi connectivity index (χ2n) is 3.11. The second-order valence-corrected chi connectivity index (χ2v) is 3.11. The Kier molecular flexibility index (Phi) is 5.24. The van der Waals surface area contributed by atoms with Crippen molar-refractivity contribution in [2.75, 3.05) is 20.8 Å². The number of rotatable bonds is 5. The van der Waals surface area contributed by atoms with Crippen LogP contribution in [-0.4, -0.2) is 20.8 Å². The van der Waals surface area contributed by atoms with E-state index in [1.54, 1.807) is 21.1 Å². The standard InChI is InChI=1S/C13H16O3/c1-4-5-8-16-10-11-6-7-12(14-2)13(9-11)15-3/h6-7,9H,8,10H2,1-3H3. The molecule has 0 radical (unpaired) electrons. The fourth-order valence-electron chi connectivity index (χ4n) is 1.26. The maximum Gasteiger partial charge on any atom is 0.161 e. The highest BCUT2D eigenvalue weighted by Gasteiger charge is 2.03. The Morgan fingerprint density at radius 1 is 1.12 bits per heavy atom. The van der Waals surface area contributed by atoms with E-state index >= 15 is 0 Å². The minimum atomic E-state index is 0.449. The third kappa shape index (κ3) is 3.48. The fraction of sp³-hybridized carbons (Fsp3) is 0.385. The van der Waals surface area contributed by atoms with Crippen molar-refractivity contribution in [3.8, 4) is 23.3 Å². The van der Waals surface area contributed by atoms with Crippen LogP contribution in [0.5, 0.6) is 11.5 Å². The summed E-state index contributed by atoms with van der Waals surface area (Å²) in [4.78, 5) is 0. The van der Waals surface area contributed by atoms with Crippen molar-refractivity contribution in [1.82, 2.24) is 0 Å². The summed E-state index contributed by atoms with van der Waals surface area (Å²) in [5.41, 5.74) is 1.04. The van der Waals surface area contributed by atoms with Crippen LogP contribution in [0.3, 0.4) is 0 Å². The highest BCUT2D eigenvalue weighted by Crippen LogP contribution is 2.27. The van der Waals surface area contributed by atoms with E-state index in [-0.39, 0.29) is 0 Å². The molecule has 0 aliphatic carbocycles. The molecule has 0 N–H and O–H groups in total. The lowest BCUT2D eigenvalue weighted by Gasteiger charge is -2.09. The van der Waals surface area contributed by atoms with Crippen LogP contribution in [0, 0.1) is 11.8 Å². The van der Waals surface area contributed by atoms with E-state index in [1.165, 1.54) is 0 Å². The Balaban J connectivity index is 2.63. The summed E-state index contributed by atoms with van der Waals surface area (Å²) >= 11 is 0. The van der Waals surface area contributed by atoms with Crippen LogP contribution < -0.4 is 9.47 Å². The topological polar surface area (TPSA) is 27.7 Å². The molecule has 0 heterocycles. The van der Waals surface area contributed by atoms with Crippen molar-refractivity contribution in [3.05, 3.63) is 23.8 Å². The molecule has 0 saturated heterocycles. The second kappa shape index (κ2) is 6.76. The average molecular weight is 220 g/mol. The van der Waals surface area contributed by atoms with Gasteiger partial charge in [0, 0.05) is 0 Å². The molecule has 0 aliphatic rings. The lowest BCUT2D eigenvalue weighted by atomic mass is 10.2. The summed E-state index contributed by atoms with van der Waals surface area (Å²) in [5, 5.41) is 0. The Morgan fingerprint density at radius 2 is 1.88 bits per heavy atom. The molecule has 3 heteroatoms. The molecular weight excluding hydrogens is 204 g/mol. The van der Waals surface area contributed by atoms with E-state index in [0.29, 0.717) is 19.0 Å². The first-order valence-corrected chi connectivity index (χ1v) is 5.00. The maximum absolute atomic E-state index is 5.36. The van der Waals surface area contributed by atoms with Crippen molar-refractivity contribution < 1.29 is 14.2 Å². The van der Waals surface area contributed by atoms with Crippen molar-refractivity contribution in [2.24, 2.45) is 0 Å². The first-order valence-electron chi connectivity index (χ1n) is 5.00. The molecule has 0 atom stereocenters. The van der Waals surface area contributed by atoms with Gasteiger partial charge in [-0.15, -0.1) is 5.92 Å². The molecular formula is C13H16O3. The van der Waals surface area contributed by atoms with Gasteiger partial charge in [0.15, 0.2) is 11.5 Å². The lowest BCUT2D eigenvalue weighted by molar-refractivity contribution is 0.153. The highest BCUT2D eigenvalue weighted by atomic mass is 16.5. The van der Waals surface area contributed by atoms with Gasteiger partial charge in [0.2, 0.25) is 0 Å². The van der Waals surface area contributed by atoms with E-state index in [1.807, 2.05) is 18.2 Å². The zero-order chi connectivity index (χ0) is 11.8. The van der Waals surface area contributed by atoms with Gasteiger partial charge in [-0.1, -0.05) is 12.0 Å². The molecule has 0 amide bonds. The van der Waals surface area contributed by atoms with Gasteiger partial charge in [0.25, 0.3) is 0 Å². The number of benzene rings is 1. The van der Waals surface area contributed by atoms with Crippen LogP contribution in [0.15, 0.2) is 18.2 Å². The molecule has 1 aromatic carbocycles. The zero-order valence-corrected chi connectivity index (χ0v) is 9.87. The third-order valence-corrected chi connectivity index (χ3v) is 2.07. The summed E-state index contributed by atoms with van der Waals surface area (Å²) < 4.78 is 15.7. The molecule has 0 fully saturated rings. The maximum atomic E-state index is 5.36. The Bertz CT molecular complexity index is 388. The monoisotopic (exact) mass is 220 g/mol. The van der Waals surface area contributed by atoms with Crippen LogP contribution in [-0.2, 0) is 11.3 Å². The number of hydrogen-bond acceptors (Lipinski definition) is 3. The van der Waals surface area contributed by atoms with Gasteiger partial charge < -0.3 is 14.2 Å². The minimum absolute atomic E-state index is 0.449. The van der Waals surface area contributed by atoms with Crippen LogP contribution >= 0.6 is 0 Å². The summed E-state index contributed by atoms with van der Waals surface area (Å²) in [5.74, 6) is 7.05. The Labute approximate surface area is 96.3 Å². The average Bonchev–Trinajstić information content (AvgIpc) is 2.34. The minimum Gasteiger partial charge on any atom is -0.493 e. The Morgan fingerprint density at radius 3 is 2.50 bits per heavy atom. The lowest BCUT2D eigenvalue weighted by Crippen LogP contribution is -1.96. The molecule has 0 spiro atoms. The number of hydrogen-bond donors (Lipinski definition) is 0. The molecule has 1 aromatic rings. The third-order valence-electron chi connectivity index (χ3n) is 2.07. The normalized spacial score (nSPS) is 9.19. The quantitative estimate of drug-likeness (QED) is 0.562. The molecule has 0 bridgehead atoms. The first kappa shape index (κ1) is 12.4. The summed E-state index contributed by atoms with van der Waals surface area (Å²) in [6, 6.07) is 5.71. The van der Waals surface area contributed by atoms with Crippen LogP contribution in [0.4, 0.5) is 0 Å². The van der Waals surface area contributed by atoms with Gasteiger partial charge in [-0.25, -0.2) is 0 Å². The van der Waals surface area contributed by atoms with Crippen molar-refractivity contribution in [3.63, 3.8) is 0 Å². The molecule has 16 heavy (non-hydrogen) atoms. The van der Waals surface area contributed by atoms with Crippen molar-refractivity contribution in [2.45, 2.75) is 13.5 Å². The molecule has 0 aliphatic heterocycles. The van der Waals surface area contributed by atoms with E-state index in [0.717, 1.165) is 11.3 Å². The first-order chi connectivity index (χ1) is 7.81. The largest absolute Gasteiger partial charge is 0.493 e. The van der Waals surface area contributed by atoms with Gasteiger partial charge in [0.1, 0.15) is 6.61 Å². The molecule has 1 rings (SSSR count). The van der Waals surface area contributed by atoms with E-state index in [2.05, 4.69) is 11.8 Å². The predicted molar refractivity (Wildman–Crippen MR) is 62.7 cm³/mol. The van der Waals surface area contributed by atoms with E-state index < -0.39 is 0 Å². The Hall–Kier alpha value is -1.66. The summed E-state index contributed by atoms with van der Waals surface area (Å²) in [7, 11) is 3.23. The van der Waals surface area contributed by atoms with Crippen LogP contribution in [0.25, 0.3) is 0 Å². The van der Waals surface area contributed by atoms with Crippen molar-refractivity contribution >= 4 is 0 Å². The smallest absolute Gasteiger partial charge is 0.161 e. The number of ether oxygens (including phenoxy) is 3. The van der Waals surface area contributed by atoms with Gasteiger partial charge in [-0.3, -0.25) is 0 Å². The molecule has 86 valence electrons. The van der Waals surface area contributed by atoms with Gasteiger partial charge >= 0.3 is 0 Å². The predicted octanol–water partition coefficient (Wildman–Crippen LogP) is 2.24. The van der Waals surface area contributed by atoms with Crippen LogP contribution in [0.1, 0.15) is 12.5 Å². The summed E-state index contributed by atoms with van der Waals surface area (Å²) in [6.45, 7) is 2.76. The molecule has 0 aromatic heterocycles. The zero-order valence-electron chi connectivity index (χ0n) is 9.87. The SMILES string of the molecule is CC#CCOCc1ccc(OC)c(OC)c1. The molecule has 3 nitrogen and oxygen atoms in total. The van der Waals surface area contributed by atoms with Crippen molar-refractivity contribution in [1.29, 1.82) is 0 Å².